The minimum atomic E-state index is -2.82. The van der Waals surface area contributed by atoms with Gasteiger partial charge in [-0.1, -0.05) is 18.7 Å². The van der Waals surface area contributed by atoms with Crippen LogP contribution in [0, 0.1) is 5.92 Å². The van der Waals surface area contributed by atoms with E-state index in [0.29, 0.717) is 17.5 Å². The first-order valence-electron chi connectivity index (χ1n) is 7.13. The van der Waals surface area contributed by atoms with Crippen LogP contribution in [0.2, 0.25) is 0 Å². The Balaban J connectivity index is 1.98. The molecule has 0 amide bonds. The van der Waals surface area contributed by atoms with Gasteiger partial charge in [-0.3, -0.25) is 0 Å². The van der Waals surface area contributed by atoms with Crippen molar-refractivity contribution in [3.63, 3.8) is 0 Å². The van der Waals surface area contributed by atoms with Crippen LogP contribution < -0.4 is 10.6 Å². The normalized spacial score (nSPS) is 20.4. The second-order valence-corrected chi connectivity index (χ2v) is 8.20. The molecule has 1 fully saturated rings. The molecule has 2 N–H and O–H groups in total. The van der Waals surface area contributed by atoms with Crippen LogP contribution in [-0.2, 0) is 9.84 Å². The Kier molecular flexibility index (Phi) is 5.69. The van der Waals surface area contributed by atoms with Gasteiger partial charge in [-0.2, -0.15) is 0 Å². The maximum absolute atomic E-state index is 11.5. The van der Waals surface area contributed by atoms with Crippen molar-refractivity contribution in [1.82, 2.24) is 9.97 Å². The van der Waals surface area contributed by atoms with Crippen molar-refractivity contribution >= 4 is 33.2 Å². The Morgan fingerprint density at radius 1 is 1.33 bits per heavy atom. The van der Waals surface area contributed by atoms with Gasteiger partial charge in [0.1, 0.15) is 11.6 Å². The number of nitrogens with one attached hydrogen (secondary N) is 2. The Hall–Kier alpha value is -1.02. The lowest BCUT2D eigenvalue weighted by atomic mass is 10.1. The van der Waals surface area contributed by atoms with Crippen molar-refractivity contribution in [2.45, 2.75) is 24.9 Å². The van der Waals surface area contributed by atoms with Gasteiger partial charge in [0.25, 0.3) is 0 Å². The molecule has 1 aliphatic rings. The molecular weight excluding hydrogens is 308 g/mol. The lowest BCUT2D eigenvalue weighted by Gasteiger charge is -2.12. The van der Waals surface area contributed by atoms with E-state index in [9.17, 15) is 8.42 Å². The summed E-state index contributed by atoms with van der Waals surface area (Å²) in [6.45, 7) is 3.60. The van der Waals surface area contributed by atoms with Crippen molar-refractivity contribution < 1.29 is 8.42 Å². The van der Waals surface area contributed by atoms with E-state index in [4.69, 9.17) is 0 Å². The molecule has 1 aliphatic heterocycles. The highest BCUT2D eigenvalue weighted by Gasteiger charge is 2.27. The highest BCUT2D eigenvalue weighted by molar-refractivity contribution is 7.98. The fourth-order valence-electron chi connectivity index (χ4n) is 2.23. The van der Waals surface area contributed by atoms with Gasteiger partial charge >= 0.3 is 0 Å². The summed E-state index contributed by atoms with van der Waals surface area (Å²) in [5.41, 5.74) is 0. The molecule has 8 heteroatoms. The van der Waals surface area contributed by atoms with Gasteiger partial charge in [0.05, 0.1) is 11.5 Å². The summed E-state index contributed by atoms with van der Waals surface area (Å²) in [4.78, 5) is 8.81. The molecular formula is C13H22N4O2S2. The zero-order valence-corrected chi connectivity index (χ0v) is 14.1. The summed E-state index contributed by atoms with van der Waals surface area (Å²) < 4.78 is 22.9. The van der Waals surface area contributed by atoms with Gasteiger partial charge in [0.15, 0.2) is 15.0 Å². The molecule has 0 spiro atoms. The Morgan fingerprint density at radius 2 is 2.05 bits per heavy atom. The molecule has 0 aliphatic carbocycles. The van der Waals surface area contributed by atoms with Gasteiger partial charge in [-0.25, -0.2) is 18.4 Å². The quantitative estimate of drug-likeness (QED) is 0.583. The number of thioether (sulfide) groups is 1. The molecule has 2 rings (SSSR count). The van der Waals surface area contributed by atoms with Crippen molar-refractivity contribution in [2.24, 2.45) is 5.92 Å². The predicted molar refractivity (Wildman–Crippen MR) is 87.8 cm³/mol. The summed E-state index contributed by atoms with van der Waals surface area (Å²) in [5, 5.41) is 7.20. The second kappa shape index (κ2) is 7.31. The Morgan fingerprint density at radius 3 is 2.62 bits per heavy atom. The third-order valence-electron chi connectivity index (χ3n) is 3.34. The van der Waals surface area contributed by atoms with E-state index in [1.807, 2.05) is 12.3 Å². The molecule has 21 heavy (non-hydrogen) atoms. The van der Waals surface area contributed by atoms with E-state index in [-0.39, 0.29) is 11.7 Å². The third kappa shape index (κ3) is 5.03. The van der Waals surface area contributed by atoms with Crippen LogP contribution in [0.25, 0.3) is 0 Å². The number of nitrogens with zero attached hydrogens (tertiary/aromatic N) is 2. The fraction of sp³-hybridized carbons (Fsp3) is 0.692. The molecule has 0 aromatic carbocycles. The standard InChI is InChI=1S/C13H22N4O2S2/c1-3-5-14-11-7-12(17-13(16-11)20-2)15-8-10-4-6-21(18,19)9-10/h7,10H,3-6,8-9H2,1-2H3,(H2,14,15,16,17). The van der Waals surface area contributed by atoms with Gasteiger partial charge in [-0.05, 0) is 25.0 Å². The summed E-state index contributed by atoms with van der Waals surface area (Å²) in [5.74, 6) is 2.31. The van der Waals surface area contributed by atoms with Crippen molar-refractivity contribution in [2.75, 3.05) is 41.5 Å². The van der Waals surface area contributed by atoms with Crippen molar-refractivity contribution in [1.29, 1.82) is 0 Å². The molecule has 1 saturated heterocycles. The lowest BCUT2D eigenvalue weighted by Crippen LogP contribution is -2.17. The van der Waals surface area contributed by atoms with E-state index in [1.165, 1.54) is 11.8 Å². The van der Waals surface area contributed by atoms with Crippen LogP contribution in [0.5, 0.6) is 0 Å². The minimum absolute atomic E-state index is 0.176. The first-order valence-corrected chi connectivity index (χ1v) is 10.2. The minimum Gasteiger partial charge on any atom is -0.370 e. The molecule has 6 nitrogen and oxygen atoms in total. The number of rotatable bonds is 7. The monoisotopic (exact) mass is 330 g/mol. The maximum atomic E-state index is 11.5. The average molecular weight is 330 g/mol. The third-order valence-corrected chi connectivity index (χ3v) is 5.73. The average Bonchev–Trinajstić information content (AvgIpc) is 2.82. The lowest BCUT2D eigenvalue weighted by molar-refractivity contribution is 0.595. The van der Waals surface area contributed by atoms with Crippen LogP contribution in [0.1, 0.15) is 19.8 Å². The number of hydrogen-bond donors (Lipinski definition) is 2. The zero-order valence-electron chi connectivity index (χ0n) is 12.4. The summed E-state index contributed by atoms with van der Waals surface area (Å²) in [6, 6.07) is 1.87. The van der Waals surface area contributed by atoms with Gasteiger partial charge in [-0.15, -0.1) is 0 Å². The molecule has 0 bridgehead atoms. The summed E-state index contributed by atoms with van der Waals surface area (Å²) >= 11 is 1.49. The molecule has 1 aromatic heterocycles. The van der Waals surface area contributed by atoms with E-state index in [1.54, 1.807) is 0 Å². The first kappa shape index (κ1) is 16.4. The van der Waals surface area contributed by atoms with Gasteiger partial charge in [0, 0.05) is 19.2 Å². The van der Waals surface area contributed by atoms with Crippen LogP contribution >= 0.6 is 11.8 Å². The molecule has 0 saturated carbocycles. The molecule has 0 radical (unpaired) electrons. The molecule has 1 aromatic rings. The van der Waals surface area contributed by atoms with E-state index in [0.717, 1.165) is 31.0 Å². The fourth-order valence-corrected chi connectivity index (χ4v) is 4.47. The number of aromatic nitrogens is 2. The molecule has 2 heterocycles. The van der Waals surface area contributed by atoms with Crippen LogP contribution in [0.15, 0.2) is 11.2 Å². The first-order chi connectivity index (χ1) is 10.0. The predicted octanol–water partition coefficient (Wildman–Crippen LogP) is 1.87. The summed E-state index contributed by atoms with van der Waals surface area (Å²) in [6.07, 6.45) is 3.70. The van der Waals surface area contributed by atoms with E-state index >= 15 is 0 Å². The zero-order chi connectivity index (χ0) is 15.3. The van der Waals surface area contributed by atoms with Crippen LogP contribution in [-0.4, -0.2) is 49.2 Å². The molecule has 118 valence electrons. The van der Waals surface area contributed by atoms with E-state index < -0.39 is 9.84 Å². The SMILES string of the molecule is CCCNc1cc(NCC2CCS(=O)(=O)C2)nc(SC)n1. The Labute approximate surface area is 130 Å². The van der Waals surface area contributed by atoms with Gasteiger partial charge in [0.2, 0.25) is 0 Å². The Bertz CT molecular complexity index is 578. The van der Waals surface area contributed by atoms with Crippen LogP contribution in [0.3, 0.4) is 0 Å². The second-order valence-electron chi connectivity index (χ2n) is 5.20. The smallest absolute Gasteiger partial charge is 0.191 e. The topological polar surface area (TPSA) is 84.0 Å². The molecule has 1 unspecified atom stereocenters. The molecule has 1 atom stereocenters. The number of sulfone groups is 1. The van der Waals surface area contributed by atoms with Gasteiger partial charge < -0.3 is 10.6 Å². The number of hydrogen-bond acceptors (Lipinski definition) is 7. The largest absolute Gasteiger partial charge is 0.370 e. The van der Waals surface area contributed by atoms with E-state index in [2.05, 4.69) is 27.5 Å². The number of anilines is 2. The summed E-state index contributed by atoms with van der Waals surface area (Å²) in [7, 11) is -2.82. The highest BCUT2D eigenvalue weighted by Crippen LogP contribution is 2.21. The van der Waals surface area contributed by atoms with Crippen molar-refractivity contribution in [3.05, 3.63) is 6.07 Å². The van der Waals surface area contributed by atoms with Crippen molar-refractivity contribution in [3.8, 4) is 0 Å². The van der Waals surface area contributed by atoms with Crippen LogP contribution in [0.4, 0.5) is 11.6 Å². The highest BCUT2D eigenvalue weighted by atomic mass is 32.2. The maximum Gasteiger partial charge on any atom is 0.191 e.